The molecule has 5 aromatic carbocycles. The molecule has 4 amide bonds. The van der Waals surface area contributed by atoms with E-state index in [0.717, 1.165) is 53.7 Å². The summed E-state index contributed by atoms with van der Waals surface area (Å²) in [5, 5.41) is 9.46. The third-order valence-electron chi connectivity index (χ3n) is 15.0. The third-order valence-corrected chi connectivity index (χ3v) is 15.0. The molecule has 406 valence electrons. The zero-order valence-corrected chi connectivity index (χ0v) is 45.1. The van der Waals surface area contributed by atoms with Crippen molar-refractivity contribution in [2.75, 3.05) is 28.8 Å². The van der Waals surface area contributed by atoms with Gasteiger partial charge in [0.05, 0.1) is 30.4 Å². The van der Waals surface area contributed by atoms with Gasteiger partial charge in [-0.3, -0.25) is 38.7 Å². The Morgan fingerprint density at radius 2 is 1.42 bits per heavy atom. The summed E-state index contributed by atoms with van der Waals surface area (Å²) in [5.74, 6) is -0.426. The monoisotopic (exact) mass is 1060 g/mol. The van der Waals surface area contributed by atoms with E-state index in [1.54, 1.807) is 56.3 Å². The van der Waals surface area contributed by atoms with Gasteiger partial charge in [0, 0.05) is 85.2 Å². The maximum atomic E-state index is 14.1. The number of ketones is 2. The molecule has 5 aromatic rings. The molecule has 16 heteroatoms. The van der Waals surface area contributed by atoms with Crippen LogP contribution < -0.4 is 34.6 Å². The number of amides is 4. The van der Waals surface area contributed by atoms with Crippen LogP contribution in [0.1, 0.15) is 133 Å². The maximum absolute atomic E-state index is 14.1. The Morgan fingerprint density at radius 3 is 2.15 bits per heavy atom. The number of nitrogens with zero attached hydrogens (tertiary/aromatic N) is 4. The second-order valence-corrected chi connectivity index (χ2v) is 20.7. The lowest BCUT2D eigenvalue weighted by molar-refractivity contribution is -0.129. The summed E-state index contributed by atoms with van der Waals surface area (Å²) in [6, 6.07) is 27.8. The topological polar surface area (TPSA) is 195 Å². The Labute approximate surface area is 455 Å². The molecule has 0 unspecified atom stereocenters. The smallest absolute Gasteiger partial charge is 0.261 e. The van der Waals surface area contributed by atoms with Crippen LogP contribution in [0.15, 0.2) is 101 Å². The number of hydrogen-bond acceptors (Lipinski definition) is 12. The molecule has 16 nitrogen and oxygen atoms in total. The van der Waals surface area contributed by atoms with E-state index < -0.39 is 17.9 Å². The fraction of sp³-hybridized carbons (Fsp3) is 0.387. The van der Waals surface area contributed by atoms with E-state index in [4.69, 9.17) is 24.0 Å². The molecule has 0 saturated heterocycles. The first-order valence-electron chi connectivity index (χ1n) is 27.1. The van der Waals surface area contributed by atoms with Crippen LogP contribution in [0.3, 0.4) is 0 Å². The number of oxime groups is 1. The predicted octanol–water partition coefficient (Wildman–Crippen LogP) is 10.3. The minimum atomic E-state index is -0.816. The number of methoxy groups -OCH3 is 1. The molecule has 4 aliphatic rings. The number of rotatable bonds is 24. The molecule has 9 rings (SSSR count). The van der Waals surface area contributed by atoms with Crippen LogP contribution in [0.25, 0.3) is 0 Å². The zero-order chi connectivity index (χ0) is 54.9. The summed E-state index contributed by atoms with van der Waals surface area (Å²) < 4.78 is 18.8. The maximum Gasteiger partial charge on any atom is 0.261 e. The summed E-state index contributed by atoms with van der Waals surface area (Å²) in [7, 11) is 1.51. The number of ether oxygens (including phenoxy) is 3. The van der Waals surface area contributed by atoms with Crippen LogP contribution in [0, 0.1) is 12.8 Å². The van der Waals surface area contributed by atoms with Gasteiger partial charge in [0.1, 0.15) is 31.4 Å². The van der Waals surface area contributed by atoms with Gasteiger partial charge >= 0.3 is 0 Å². The number of nitrogens with one attached hydrogen (secondary N) is 2. The number of aryl methyl sites for hydroxylation is 2. The van der Waals surface area contributed by atoms with Crippen LogP contribution in [-0.4, -0.2) is 79.5 Å². The number of para-hydroxylation sites is 2. The molecular formula is C62H68N6O10. The molecule has 2 N–H and O–H groups in total. The number of carbonyl (C=O) groups excluding carboxylic acids is 6. The molecule has 0 fully saturated rings. The van der Waals surface area contributed by atoms with Crippen molar-refractivity contribution in [3.63, 3.8) is 0 Å². The molecule has 4 atom stereocenters. The first-order valence-corrected chi connectivity index (χ1v) is 27.1. The van der Waals surface area contributed by atoms with Crippen molar-refractivity contribution in [2.24, 2.45) is 16.1 Å². The molecule has 0 aliphatic carbocycles. The molecule has 0 bridgehead atoms. The molecule has 0 aromatic heterocycles. The van der Waals surface area contributed by atoms with Gasteiger partial charge in [-0.2, -0.15) is 0 Å². The predicted molar refractivity (Wildman–Crippen MR) is 300 cm³/mol. The molecule has 0 spiro atoms. The van der Waals surface area contributed by atoms with Gasteiger partial charge < -0.3 is 34.6 Å². The highest BCUT2D eigenvalue weighted by Gasteiger charge is 2.38. The Hall–Kier alpha value is -8.14. The Morgan fingerprint density at radius 1 is 0.756 bits per heavy atom. The molecule has 0 saturated carbocycles. The zero-order valence-electron chi connectivity index (χ0n) is 45.1. The Kier molecular flexibility index (Phi) is 17.4. The second kappa shape index (κ2) is 24.9. The first-order chi connectivity index (χ1) is 37.8. The molecule has 4 heterocycles. The summed E-state index contributed by atoms with van der Waals surface area (Å²) in [6.07, 6.45) is 9.84. The Balaban J connectivity index is 0.867. The summed E-state index contributed by atoms with van der Waals surface area (Å²) in [5.41, 5.74) is 9.21. The number of aliphatic imine (C=N–C) groups is 1. The van der Waals surface area contributed by atoms with Crippen molar-refractivity contribution in [2.45, 2.75) is 136 Å². The highest BCUT2D eigenvalue weighted by atomic mass is 16.6. The van der Waals surface area contributed by atoms with Crippen molar-refractivity contribution < 1.29 is 47.8 Å². The van der Waals surface area contributed by atoms with E-state index in [1.807, 2.05) is 78.6 Å². The standard InChI is InChI=1S/C62H68N6O10/c1-6-64-78-24-14-13-18-49(69)17-9-12-21-59(71)65-40(4)55(70)26-39(3)60(72)66-46-28-41(36-76-56-32-43-22-23-47-30-44-15-7-10-19-53(44)67(47)61(73)50(43)25-38(56)2)27-42(29-46)37-77-58-34-52-51(33-57(58)75-5)62(74)68-48(35-63-52)31-45-16-8-11-20-54(45)68/h6-8,10-11,15-16,19-20,25,27-29,32-35,39-40,47-48H,9,12-14,17-18,21-24,26,30-31,36-37H2,1-5H3,(H,65,71)(H,66,72)/b64-6-/t39-,40+,47-,48+/m1/s1. The summed E-state index contributed by atoms with van der Waals surface area (Å²) >= 11 is 0. The van der Waals surface area contributed by atoms with E-state index in [2.05, 4.69) is 21.9 Å². The molecule has 0 radical (unpaired) electrons. The minimum Gasteiger partial charge on any atom is -0.493 e. The number of Topliss-reactive ketones (excluding diaryl/α,β-unsaturated/α-hetero) is 2. The number of benzene rings is 5. The number of unbranched alkanes of at least 4 members (excludes halogenated alkanes) is 2. The van der Waals surface area contributed by atoms with Crippen molar-refractivity contribution >= 4 is 70.4 Å². The van der Waals surface area contributed by atoms with Crippen LogP contribution in [-0.2, 0) is 56.5 Å². The lowest BCUT2D eigenvalue weighted by Gasteiger charge is -2.23. The molecular weight excluding hydrogens is 989 g/mol. The SMILES string of the molecule is C/C=N\OCCCCC(=O)CCCCC(=O)N[C@@H](C)C(=O)C[C@@H](C)C(=O)Nc1cc(COc2cc3c(cc2C)C(=O)N2c4ccccc4C[C@H]2CC3)cc(COc2cc3c(cc2OC)C(=O)N2c4ccccc4C[C@H]2C=N3)c1. The molecule has 4 aliphatic heterocycles. The fourth-order valence-corrected chi connectivity index (χ4v) is 10.8. The van der Waals surface area contributed by atoms with Crippen molar-refractivity contribution in [3.05, 3.63) is 136 Å². The summed E-state index contributed by atoms with van der Waals surface area (Å²) in [4.78, 5) is 94.1. The van der Waals surface area contributed by atoms with Gasteiger partial charge in [-0.05, 0) is 148 Å². The van der Waals surface area contributed by atoms with Gasteiger partial charge in [-0.15, -0.1) is 0 Å². The van der Waals surface area contributed by atoms with Crippen LogP contribution >= 0.6 is 0 Å². The van der Waals surface area contributed by atoms with Crippen LogP contribution in [0.4, 0.5) is 22.7 Å². The second-order valence-electron chi connectivity index (χ2n) is 20.7. The van der Waals surface area contributed by atoms with Gasteiger partial charge in [0.15, 0.2) is 17.3 Å². The minimum absolute atomic E-state index is 0.00450. The van der Waals surface area contributed by atoms with Crippen LogP contribution in [0.2, 0.25) is 0 Å². The number of anilines is 3. The first kappa shape index (κ1) is 54.6. The lowest BCUT2D eigenvalue weighted by Crippen LogP contribution is -2.39. The van der Waals surface area contributed by atoms with Crippen molar-refractivity contribution in [1.29, 1.82) is 0 Å². The molecule has 78 heavy (non-hydrogen) atoms. The number of fused-ring (bicyclic) bond motifs is 8. The van der Waals surface area contributed by atoms with E-state index in [0.29, 0.717) is 96.0 Å². The van der Waals surface area contributed by atoms with E-state index in [9.17, 15) is 28.8 Å². The van der Waals surface area contributed by atoms with Crippen molar-refractivity contribution in [3.8, 4) is 17.2 Å². The van der Waals surface area contributed by atoms with Gasteiger partial charge in [0.25, 0.3) is 11.8 Å². The largest absolute Gasteiger partial charge is 0.493 e. The lowest BCUT2D eigenvalue weighted by atomic mass is 9.98. The average Bonchev–Trinajstić information content (AvgIpc) is 3.99. The fourth-order valence-electron chi connectivity index (χ4n) is 10.8. The highest BCUT2D eigenvalue weighted by Crippen LogP contribution is 2.42. The normalized spacial score (nSPS) is 16.6. The third kappa shape index (κ3) is 12.6. The van der Waals surface area contributed by atoms with E-state index >= 15 is 0 Å². The quantitative estimate of drug-likeness (QED) is 0.0341. The average molecular weight is 1060 g/mol. The van der Waals surface area contributed by atoms with Gasteiger partial charge in [-0.25, -0.2) is 0 Å². The van der Waals surface area contributed by atoms with Crippen molar-refractivity contribution in [1.82, 2.24) is 5.32 Å². The summed E-state index contributed by atoms with van der Waals surface area (Å²) in [6.45, 7) is 7.57. The number of hydrogen-bond donors (Lipinski definition) is 2. The highest BCUT2D eigenvalue weighted by molar-refractivity contribution is 6.15. The Bertz CT molecular complexity index is 3170. The number of carbonyl (C=O) groups is 6. The van der Waals surface area contributed by atoms with Gasteiger partial charge in [0.2, 0.25) is 11.8 Å². The van der Waals surface area contributed by atoms with Gasteiger partial charge in [-0.1, -0.05) is 48.5 Å². The van der Waals surface area contributed by atoms with E-state index in [-0.39, 0.29) is 67.4 Å². The van der Waals surface area contributed by atoms with E-state index in [1.165, 1.54) is 12.7 Å². The van der Waals surface area contributed by atoms with Crippen LogP contribution in [0.5, 0.6) is 17.2 Å².